The maximum absolute atomic E-state index is 13.1. The lowest BCUT2D eigenvalue weighted by Crippen LogP contribution is -2.09. The van der Waals surface area contributed by atoms with Crippen molar-refractivity contribution in [3.8, 4) is 0 Å². The van der Waals surface area contributed by atoms with Gasteiger partial charge in [-0.15, -0.1) is 0 Å². The molecule has 0 radical (unpaired) electrons. The highest BCUT2D eigenvalue weighted by atomic mass is 32.2. The predicted octanol–water partition coefficient (Wildman–Crippen LogP) is 4.77. The zero-order chi connectivity index (χ0) is 15.6. The SMILES string of the molecule is CC(C)c1ccccc1S(=O)(=O)c1ccccc1C(C)C. The van der Waals surface area contributed by atoms with E-state index in [9.17, 15) is 8.42 Å². The first-order valence-corrected chi connectivity index (χ1v) is 8.77. The summed E-state index contributed by atoms with van der Waals surface area (Å²) in [6.45, 7) is 8.07. The maximum Gasteiger partial charge on any atom is 0.207 e. The van der Waals surface area contributed by atoms with Gasteiger partial charge in [0.15, 0.2) is 0 Å². The van der Waals surface area contributed by atoms with Crippen LogP contribution in [0.2, 0.25) is 0 Å². The van der Waals surface area contributed by atoms with Crippen molar-refractivity contribution in [2.24, 2.45) is 0 Å². The molecule has 0 saturated heterocycles. The van der Waals surface area contributed by atoms with Crippen molar-refractivity contribution in [2.75, 3.05) is 0 Å². The van der Waals surface area contributed by atoms with Crippen molar-refractivity contribution < 1.29 is 8.42 Å². The van der Waals surface area contributed by atoms with E-state index in [1.807, 2.05) is 52.0 Å². The highest BCUT2D eigenvalue weighted by molar-refractivity contribution is 7.91. The lowest BCUT2D eigenvalue weighted by Gasteiger charge is -2.17. The summed E-state index contributed by atoms with van der Waals surface area (Å²) in [4.78, 5) is 0.848. The molecule has 2 aromatic carbocycles. The number of hydrogen-bond acceptors (Lipinski definition) is 2. The highest BCUT2D eigenvalue weighted by Crippen LogP contribution is 2.32. The largest absolute Gasteiger partial charge is 0.218 e. The molecular weight excluding hydrogens is 280 g/mol. The Morgan fingerprint density at radius 1 is 0.667 bits per heavy atom. The van der Waals surface area contributed by atoms with Gasteiger partial charge >= 0.3 is 0 Å². The Morgan fingerprint density at radius 2 is 1.00 bits per heavy atom. The van der Waals surface area contributed by atoms with Gasteiger partial charge in [-0.05, 0) is 35.1 Å². The summed E-state index contributed by atoms with van der Waals surface area (Å²) in [7, 11) is -3.49. The van der Waals surface area contributed by atoms with Gasteiger partial charge in [-0.1, -0.05) is 64.1 Å². The van der Waals surface area contributed by atoms with E-state index < -0.39 is 9.84 Å². The molecule has 0 spiro atoms. The Kier molecular flexibility index (Phi) is 4.52. The predicted molar refractivity (Wildman–Crippen MR) is 86.5 cm³/mol. The van der Waals surface area contributed by atoms with E-state index in [-0.39, 0.29) is 11.8 Å². The van der Waals surface area contributed by atoms with Crippen molar-refractivity contribution in [1.82, 2.24) is 0 Å². The van der Waals surface area contributed by atoms with E-state index in [4.69, 9.17) is 0 Å². The first-order valence-electron chi connectivity index (χ1n) is 7.28. The molecule has 0 aliphatic heterocycles. The van der Waals surface area contributed by atoms with Crippen LogP contribution >= 0.6 is 0 Å². The monoisotopic (exact) mass is 302 g/mol. The molecule has 2 aromatic rings. The number of sulfone groups is 1. The zero-order valence-corrected chi connectivity index (χ0v) is 13.8. The van der Waals surface area contributed by atoms with Crippen molar-refractivity contribution in [1.29, 1.82) is 0 Å². The lowest BCUT2D eigenvalue weighted by molar-refractivity contribution is 0.591. The summed E-state index contributed by atoms with van der Waals surface area (Å²) in [6, 6.07) is 14.6. The van der Waals surface area contributed by atoms with Crippen LogP contribution in [0.3, 0.4) is 0 Å². The Hall–Kier alpha value is -1.61. The third-order valence-electron chi connectivity index (χ3n) is 3.66. The summed E-state index contributed by atoms with van der Waals surface area (Å²) >= 11 is 0. The average Bonchev–Trinajstić information content (AvgIpc) is 2.47. The normalized spacial score (nSPS) is 12.1. The second-order valence-corrected chi connectivity index (χ2v) is 7.78. The fourth-order valence-electron chi connectivity index (χ4n) is 2.52. The zero-order valence-electron chi connectivity index (χ0n) is 13.0. The van der Waals surface area contributed by atoms with Crippen molar-refractivity contribution >= 4 is 9.84 Å². The molecule has 0 atom stereocenters. The Morgan fingerprint density at radius 3 is 1.33 bits per heavy atom. The summed E-state index contributed by atoms with van der Waals surface area (Å²) in [5, 5.41) is 0. The van der Waals surface area contributed by atoms with Gasteiger partial charge in [-0.2, -0.15) is 0 Å². The second-order valence-electron chi connectivity index (χ2n) is 5.89. The third-order valence-corrected chi connectivity index (χ3v) is 5.56. The fraction of sp³-hybridized carbons (Fsp3) is 0.333. The van der Waals surface area contributed by atoms with E-state index in [2.05, 4.69) is 0 Å². The molecule has 2 nitrogen and oxygen atoms in total. The first kappa shape index (κ1) is 15.8. The van der Waals surface area contributed by atoms with Crippen LogP contribution in [0.4, 0.5) is 0 Å². The van der Waals surface area contributed by atoms with Crippen LogP contribution in [-0.2, 0) is 9.84 Å². The van der Waals surface area contributed by atoms with Crippen LogP contribution in [0.15, 0.2) is 58.3 Å². The van der Waals surface area contributed by atoms with Crippen LogP contribution in [0, 0.1) is 0 Å². The van der Waals surface area contributed by atoms with Crippen molar-refractivity contribution in [2.45, 2.75) is 49.3 Å². The molecule has 0 aromatic heterocycles. The standard InChI is InChI=1S/C18H22O2S/c1-13(2)15-9-5-7-11-17(15)21(19,20)18-12-8-6-10-16(18)14(3)4/h5-14H,1-4H3. The minimum absolute atomic E-state index is 0.169. The molecule has 0 aliphatic carbocycles. The molecule has 0 saturated carbocycles. The molecule has 3 heteroatoms. The molecule has 0 amide bonds. The van der Waals surface area contributed by atoms with Gasteiger partial charge in [-0.25, -0.2) is 8.42 Å². The van der Waals surface area contributed by atoms with Gasteiger partial charge in [0.2, 0.25) is 9.84 Å². The number of benzene rings is 2. The van der Waals surface area contributed by atoms with E-state index in [1.54, 1.807) is 24.3 Å². The third kappa shape index (κ3) is 3.03. The minimum Gasteiger partial charge on any atom is -0.218 e. The van der Waals surface area contributed by atoms with E-state index in [0.717, 1.165) is 11.1 Å². The van der Waals surface area contributed by atoms with Crippen molar-refractivity contribution in [3.05, 3.63) is 59.7 Å². The smallest absolute Gasteiger partial charge is 0.207 e. The van der Waals surface area contributed by atoms with Gasteiger partial charge in [0.1, 0.15) is 0 Å². The van der Waals surface area contributed by atoms with Crippen LogP contribution < -0.4 is 0 Å². The molecule has 0 N–H and O–H groups in total. The Bertz CT molecular complexity index is 671. The van der Waals surface area contributed by atoms with Crippen LogP contribution in [0.5, 0.6) is 0 Å². The van der Waals surface area contributed by atoms with Gasteiger partial charge in [0.25, 0.3) is 0 Å². The van der Waals surface area contributed by atoms with E-state index >= 15 is 0 Å². The van der Waals surface area contributed by atoms with Crippen LogP contribution in [0.1, 0.15) is 50.7 Å². The summed E-state index contributed by atoms with van der Waals surface area (Å²) in [5.41, 5.74) is 1.74. The fourth-order valence-corrected chi connectivity index (χ4v) is 4.50. The highest BCUT2D eigenvalue weighted by Gasteiger charge is 2.25. The van der Waals surface area contributed by atoms with Crippen LogP contribution in [-0.4, -0.2) is 8.42 Å². The number of hydrogen-bond donors (Lipinski definition) is 0. The average molecular weight is 302 g/mol. The minimum atomic E-state index is -3.49. The maximum atomic E-state index is 13.1. The lowest BCUT2D eigenvalue weighted by atomic mass is 10.0. The quantitative estimate of drug-likeness (QED) is 0.815. The number of rotatable bonds is 4. The molecule has 112 valence electrons. The molecule has 0 bridgehead atoms. The van der Waals surface area contributed by atoms with E-state index in [0.29, 0.717) is 9.79 Å². The van der Waals surface area contributed by atoms with Gasteiger partial charge in [0, 0.05) is 0 Å². The van der Waals surface area contributed by atoms with Gasteiger partial charge in [0.05, 0.1) is 9.79 Å². The van der Waals surface area contributed by atoms with Gasteiger partial charge < -0.3 is 0 Å². The molecule has 2 rings (SSSR count). The summed E-state index contributed by atoms with van der Waals surface area (Å²) in [6.07, 6.45) is 0. The topological polar surface area (TPSA) is 34.1 Å². The molecule has 0 heterocycles. The Labute approximate surface area is 127 Å². The molecule has 0 unspecified atom stereocenters. The van der Waals surface area contributed by atoms with Crippen LogP contribution in [0.25, 0.3) is 0 Å². The van der Waals surface area contributed by atoms with Gasteiger partial charge in [-0.3, -0.25) is 0 Å². The summed E-state index contributed by atoms with van der Waals surface area (Å²) < 4.78 is 26.2. The molecule has 21 heavy (non-hydrogen) atoms. The first-order chi connectivity index (χ1) is 9.85. The van der Waals surface area contributed by atoms with E-state index in [1.165, 1.54) is 0 Å². The Balaban J connectivity index is 2.70. The molecule has 0 aliphatic rings. The van der Waals surface area contributed by atoms with Crippen molar-refractivity contribution in [3.63, 3.8) is 0 Å². The molecule has 0 fully saturated rings. The summed E-state index contributed by atoms with van der Waals surface area (Å²) in [5.74, 6) is 0.337. The molecular formula is C18H22O2S. The second kappa shape index (κ2) is 6.02.